The lowest BCUT2D eigenvalue weighted by atomic mass is 10.2. The van der Waals surface area contributed by atoms with Gasteiger partial charge < -0.3 is 10.1 Å². The van der Waals surface area contributed by atoms with Crippen LogP contribution in [0.2, 0.25) is 0 Å². The van der Waals surface area contributed by atoms with Gasteiger partial charge in [-0.1, -0.05) is 0 Å². The summed E-state index contributed by atoms with van der Waals surface area (Å²) in [6, 6.07) is 7.29. The maximum absolute atomic E-state index is 11.7. The lowest BCUT2D eigenvalue weighted by Gasteiger charge is -2.13. The maximum atomic E-state index is 11.7. The van der Waals surface area contributed by atoms with E-state index in [0.717, 1.165) is 18.6 Å². The lowest BCUT2D eigenvalue weighted by Crippen LogP contribution is -2.14. The summed E-state index contributed by atoms with van der Waals surface area (Å²) >= 11 is 0. The molecule has 0 bridgehead atoms. The number of nitrogens with one attached hydrogen (secondary N) is 2. The third kappa shape index (κ3) is 2.93. The first-order valence-corrected chi connectivity index (χ1v) is 6.63. The quantitative estimate of drug-likeness (QED) is 0.885. The first-order valence-electron chi connectivity index (χ1n) is 6.63. The van der Waals surface area contributed by atoms with Gasteiger partial charge in [-0.15, -0.1) is 10.2 Å². The van der Waals surface area contributed by atoms with Crippen LogP contribution in [-0.2, 0) is 0 Å². The van der Waals surface area contributed by atoms with E-state index in [1.807, 2.05) is 12.1 Å². The van der Waals surface area contributed by atoms with Gasteiger partial charge in [-0.2, -0.15) is 5.21 Å². The van der Waals surface area contributed by atoms with Crippen molar-refractivity contribution >= 4 is 11.6 Å². The molecule has 1 fully saturated rings. The van der Waals surface area contributed by atoms with Crippen LogP contribution >= 0.6 is 0 Å². The van der Waals surface area contributed by atoms with Crippen molar-refractivity contribution in [2.45, 2.75) is 31.8 Å². The molecule has 1 amide bonds. The van der Waals surface area contributed by atoms with E-state index in [1.54, 1.807) is 12.1 Å². The number of anilines is 1. The van der Waals surface area contributed by atoms with Crippen molar-refractivity contribution in [1.29, 1.82) is 0 Å². The van der Waals surface area contributed by atoms with Crippen molar-refractivity contribution in [2.24, 2.45) is 0 Å². The van der Waals surface area contributed by atoms with Crippen LogP contribution in [0.15, 0.2) is 24.3 Å². The van der Waals surface area contributed by atoms with Gasteiger partial charge in [0.05, 0.1) is 6.10 Å². The van der Waals surface area contributed by atoms with Gasteiger partial charge in [0.2, 0.25) is 0 Å². The Morgan fingerprint density at radius 1 is 1.25 bits per heavy atom. The summed E-state index contributed by atoms with van der Waals surface area (Å²) in [7, 11) is 0. The molecule has 20 heavy (non-hydrogen) atoms. The van der Waals surface area contributed by atoms with Crippen molar-refractivity contribution in [3.8, 4) is 5.75 Å². The number of benzene rings is 1. The van der Waals surface area contributed by atoms with Gasteiger partial charge in [0.15, 0.2) is 0 Å². The maximum Gasteiger partial charge on any atom is 0.297 e. The Labute approximate surface area is 115 Å². The van der Waals surface area contributed by atoms with Crippen molar-refractivity contribution in [3.63, 3.8) is 0 Å². The van der Waals surface area contributed by atoms with Gasteiger partial charge in [-0.05, 0) is 55.2 Å². The lowest BCUT2D eigenvalue weighted by molar-refractivity contribution is 0.101. The van der Waals surface area contributed by atoms with Gasteiger partial charge in [-0.25, -0.2) is 0 Å². The fourth-order valence-electron chi connectivity index (χ4n) is 2.26. The van der Waals surface area contributed by atoms with Crippen LogP contribution < -0.4 is 10.1 Å². The Bertz CT molecular complexity index is 561. The molecule has 1 heterocycles. The second-order valence-corrected chi connectivity index (χ2v) is 4.74. The highest BCUT2D eigenvalue weighted by Gasteiger charge is 2.16. The number of tetrazole rings is 1. The normalized spacial score (nSPS) is 15.2. The predicted octanol–water partition coefficient (Wildman–Crippen LogP) is 1.77. The average Bonchev–Trinajstić information content (AvgIpc) is 3.13. The highest BCUT2D eigenvalue weighted by atomic mass is 16.5. The standard InChI is InChI=1S/C13H15N5O2/c19-13(12-15-17-18-16-12)14-9-5-7-11(8-6-9)20-10-3-1-2-4-10/h5-8,10H,1-4H2,(H,14,19)(H,15,16,17,18). The van der Waals surface area contributed by atoms with E-state index in [9.17, 15) is 4.79 Å². The van der Waals surface area contributed by atoms with Crippen molar-refractivity contribution in [3.05, 3.63) is 30.1 Å². The van der Waals surface area contributed by atoms with Crippen LogP contribution in [0.4, 0.5) is 5.69 Å². The van der Waals surface area contributed by atoms with Gasteiger partial charge in [-0.3, -0.25) is 4.79 Å². The fraction of sp³-hybridized carbons (Fsp3) is 0.385. The Morgan fingerprint density at radius 3 is 2.65 bits per heavy atom. The SMILES string of the molecule is O=C(Nc1ccc(OC2CCCC2)cc1)c1nn[nH]n1. The van der Waals surface area contributed by atoms with Crippen LogP contribution in [0.25, 0.3) is 0 Å². The molecule has 0 spiro atoms. The zero-order valence-corrected chi connectivity index (χ0v) is 10.9. The molecule has 0 atom stereocenters. The molecule has 0 unspecified atom stereocenters. The summed E-state index contributed by atoms with van der Waals surface area (Å²) in [6.45, 7) is 0. The summed E-state index contributed by atoms with van der Waals surface area (Å²) in [5.41, 5.74) is 0.665. The largest absolute Gasteiger partial charge is 0.490 e. The van der Waals surface area contributed by atoms with Gasteiger partial charge >= 0.3 is 0 Å². The molecule has 0 saturated heterocycles. The van der Waals surface area contributed by atoms with Crippen molar-refractivity contribution in [1.82, 2.24) is 20.6 Å². The van der Waals surface area contributed by atoms with Crippen LogP contribution in [0.3, 0.4) is 0 Å². The molecular weight excluding hydrogens is 258 g/mol. The Morgan fingerprint density at radius 2 is 2.00 bits per heavy atom. The molecular formula is C13H15N5O2. The number of aromatic nitrogens is 4. The summed E-state index contributed by atoms with van der Waals surface area (Å²) in [6.07, 6.45) is 5.05. The number of carbonyl (C=O) groups excluding carboxylic acids is 1. The smallest absolute Gasteiger partial charge is 0.297 e. The summed E-state index contributed by atoms with van der Waals surface area (Å²) in [5, 5.41) is 15.5. The van der Waals surface area contributed by atoms with Gasteiger partial charge in [0, 0.05) is 5.69 Å². The molecule has 104 valence electrons. The topological polar surface area (TPSA) is 92.8 Å². The molecule has 7 heteroatoms. The molecule has 2 aromatic rings. The zero-order valence-electron chi connectivity index (χ0n) is 10.9. The molecule has 0 radical (unpaired) electrons. The van der Waals surface area contributed by atoms with E-state index < -0.39 is 5.91 Å². The van der Waals surface area contributed by atoms with E-state index in [1.165, 1.54) is 12.8 Å². The third-order valence-electron chi connectivity index (χ3n) is 3.27. The molecule has 0 aliphatic heterocycles. The van der Waals surface area contributed by atoms with Gasteiger partial charge in [0.1, 0.15) is 5.75 Å². The van der Waals surface area contributed by atoms with Gasteiger partial charge in [0.25, 0.3) is 11.7 Å². The molecule has 1 aliphatic rings. The number of ether oxygens (including phenoxy) is 1. The Hall–Kier alpha value is -2.44. The average molecular weight is 273 g/mol. The van der Waals surface area contributed by atoms with E-state index in [4.69, 9.17) is 4.74 Å². The predicted molar refractivity (Wildman–Crippen MR) is 71.5 cm³/mol. The number of rotatable bonds is 4. The van der Waals surface area contributed by atoms with Crippen molar-refractivity contribution < 1.29 is 9.53 Å². The molecule has 1 aromatic heterocycles. The molecule has 1 aromatic carbocycles. The number of aromatic amines is 1. The Kier molecular flexibility index (Phi) is 3.58. The zero-order chi connectivity index (χ0) is 13.8. The number of nitrogens with zero attached hydrogens (tertiary/aromatic N) is 3. The minimum absolute atomic E-state index is 0.0104. The minimum Gasteiger partial charge on any atom is -0.490 e. The first kappa shape index (κ1) is 12.6. The molecule has 1 saturated carbocycles. The van der Waals surface area contributed by atoms with E-state index in [-0.39, 0.29) is 5.82 Å². The molecule has 2 N–H and O–H groups in total. The van der Waals surface area contributed by atoms with Crippen LogP contribution in [0.5, 0.6) is 5.75 Å². The monoisotopic (exact) mass is 273 g/mol. The van der Waals surface area contributed by atoms with E-state index >= 15 is 0 Å². The number of amides is 1. The first-order chi connectivity index (χ1) is 9.81. The number of carbonyl (C=O) groups is 1. The molecule has 3 rings (SSSR count). The second kappa shape index (κ2) is 5.68. The second-order valence-electron chi connectivity index (χ2n) is 4.74. The third-order valence-corrected chi connectivity index (χ3v) is 3.27. The highest BCUT2D eigenvalue weighted by Crippen LogP contribution is 2.25. The number of H-pyrrole nitrogens is 1. The highest BCUT2D eigenvalue weighted by molar-refractivity contribution is 6.01. The number of hydrogen-bond acceptors (Lipinski definition) is 5. The summed E-state index contributed by atoms with van der Waals surface area (Å²) in [4.78, 5) is 11.7. The number of hydrogen-bond donors (Lipinski definition) is 2. The van der Waals surface area contributed by atoms with Crippen LogP contribution in [0, 0.1) is 0 Å². The molecule has 1 aliphatic carbocycles. The van der Waals surface area contributed by atoms with Crippen molar-refractivity contribution in [2.75, 3.05) is 5.32 Å². The Balaban J connectivity index is 1.59. The summed E-state index contributed by atoms with van der Waals surface area (Å²) in [5.74, 6) is 0.439. The minimum atomic E-state index is -0.400. The molecule has 7 nitrogen and oxygen atoms in total. The van der Waals surface area contributed by atoms with Crippen LogP contribution in [-0.4, -0.2) is 32.6 Å². The fourth-order valence-corrected chi connectivity index (χ4v) is 2.26. The van der Waals surface area contributed by atoms with Crippen LogP contribution in [0.1, 0.15) is 36.3 Å². The van der Waals surface area contributed by atoms with E-state index in [2.05, 4.69) is 25.9 Å². The van der Waals surface area contributed by atoms with E-state index in [0.29, 0.717) is 11.8 Å². The summed E-state index contributed by atoms with van der Waals surface area (Å²) < 4.78 is 5.86.